The quantitative estimate of drug-likeness (QED) is 0.522. The number of hydrogen-bond acceptors (Lipinski definition) is 4. The summed E-state index contributed by atoms with van der Waals surface area (Å²) in [6.45, 7) is 2.95. The van der Waals surface area contributed by atoms with Crippen molar-refractivity contribution < 1.29 is 9.84 Å². The second-order valence-electron chi connectivity index (χ2n) is 2.74. The first-order valence-corrected chi connectivity index (χ1v) is 3.66. The number of hydrogen-bond donors (Lipinski definition) is 1. The molecule has 4 nitrogen and oxygen atoms in total. The van der Waals surface area contributed by atoms with Crippen LogP contribution >= 0.6 is 0 Å². The predicted octanol–water partition coefficient (Wildman–Crippen LogP) is -0.451. The van der Waals surface area contributed by atoms with E-state index in [-0.39, 0.29) is 18.8 Å². The Morgan fingerprint density at radius 1 is 1.82 bits per heavy atom. The van der Waals surface area contributed by atoms with Gasteiger partial charge in [-0.25, -0.2) is 0 Å². The van der Waals surface area contributed by atoms with Crippen molar-refractivity contribution in [1.29, 1.82) is 5.26 Å². The molecule has 2 unspecified atom stereocenters. The van der Waals surface area contributed by atoms with Crippen molar-refractivity contribution in [3.05, 3.63) is 0 Å². The van der Waals surface area contributed by atoms with Crippen LogP contribution in [0.3, 0.4) is 0 Å². The van der Waals surface area contributed by atoms with Gasteiger partial charge in [0.05, 0.1) is 31.9 Å². The van der Waals surface area contributed by atoms with Crippen molar-refractivity contribution in [2.24, 2.45) is 0 Å². The number of nitrogens with zero attached hydrogens (tertiary/aromatic N) is 2. The van der Waals surface area contributed by atoms with Gasteiger partial charge in [0.25, 0.3) is 0 Å². The average molecular weight is 156 g/mol. The topological polar surface area (TPSA) is 56.5 Å². The zero-order chi connectivity index (χ0) is 8.27. The highest BCUT2D eigenvalue weighted by Crippen LogP contribution is 2.09. The third-order valence-corrected chi connectivity index (χ3v) is 1.84. The van der Waals surface area contributed by atoms with Gasteiger partial charge in [-0.2, -0.15) is 5.26 Å². The zero-order valence-electron chi connectivity index (χ0n) is 6.53. The lowest BCUT2D eigenvalue weighted by molar-refractivity contribution is -0.0600. The summed E-state index contributed by atoms with van der Waals surface area (Å²) in [5, 5.41) is 17.3. The molecule has 1 N–H and O–H groups in total. The Hall–Kier alpha value is -0.790. The second-order valence-corrected chi connectivity index (χ2v) is 2.74. The van der Waals surface area contributed by atoms with Crippen molar-refractivity contribution in [3.63, 3.8) is 0 Å². The Kier molecular flexibility index (Phi) is 2.69. The van der Waals surface area contributed by atoms with Crippen molar-refractivity contribution in [2.45, 2.75) is 19.1 Å². The molecule has 1 aliphatic rings. The Morgan fingerprint density at radius 3 is 3.09 bits per heavy atom. The average Bonchev–Trinajstić information content (AvgIpc) is 2.05. The van der Waals surface area contributed by atoms with Crippen LogP contribution in [0.4, 0.5) is 0 Å². The van der Waals surface area contributed by atoms with Crippen LogP contribution in [-0.4, -0.2) is 41.9 Å². The molecule has 0 spiro atoms. The van der Waals surface area contributed by atoms with Gasteiger partial charge in [-0.15, -0.1) is 0 Å². The van der Waals surface area contributed by atoms with Gasteiger partial charge in [-0.1, -0.05) is 0 Å². The first-order chi connectivity index (χ1) is 5.27. The van der Waals surface area contributed by atoms with Gasteiger partial charge in [0.1, 0.15) is 0 Å². The Labute approximate surface area is 66.0 Å². The lowest BCUT2D eigenvalue weighted by Gasteiger charge is -2.33. The lowest BCUT2D eigenvalue weighted by atomic mass is 10.2. The monoisotopic (exact) mass is 156 g/mol. The first-order valence-electron chi connectivity index (χ1n) is 3.66. The standard InChI is InChI=1S/C7H12N2O2/c1-6-4-11-7(3-10)2-9(6)5-8/h6-7,10H,2-4H2,1H3. The van der Waals surface area contributed by atoms with E-state index in [1.807, 2.05) is 6.92 Å². The Balaban J connectivity index is 2.46. The van der Waals surface area contributed by atoms with Crippen molar-refractivity contribution in [1.82, 2.24) is 4.90 Å². The molecule has 1 aliphatic heterocycles. The zero-order valence-corrected chi connectivity index (χ0v) is 6.53. The van der Waals surface area contributed by atoms with Crippen molar-refractivity contribution >= 4 is 0 Å². The number of rotatable bonds is 1. The van der Waals surface area contributed by atoms with Gasteiger partial charge >= 0.3 is 0 Å². The van der Waals surface area contributed by atoms with Gasteiger partial charge in [0.2, 0.25) is 0 Å². The van der Waals surface area contributed by atoms with Crippen LogP contribution in [0.2, 0.25) is 0 Å². The molecule has 62 valence electrons. The molecule has 4 heteroatoms. The van der Waals surface area contributed by atoms with Gasteiger partial charge in [-0.3, -0.25) is 0 Å². The molecule has 1 heterocycles. The molecule has 2 atom stereocenters. The van der Waals surface area contributed by atoms with Gasteiger partial charge in [0, 0.05) is 0 Å². The number of aliphatic hydroxyl groups excluding tert-OH is 1. The van der Waals surface area contributed by atoms with Crippen molar-refractivity contribution in [3.8, 4) is 6.19 Å². The number of morpholine rings is 1. The fourth-order valence-corrected chi connectivity index (χ4v) is 1.07. The molecule has 1 fully saturated rings. The van der Waals surface area contributed by atoms with E-state index in [9.17, 15) is 0 Å². The first kappa shape index (κ1) is 8.31. The van der Waals surface area contributed by atoms with Crippen LogP contribution in [-0.2, 0) is 4.74 Å². The van der Waals surface area contributed by atoms with Crippen LogP contribution in [0.5, 0.6) is 0 Å². The molecule has 0 saturated carbocycles. The SMILES string of the molecule is CC1COC(CO)CN1C#N. The van der Waals surface area contributed by atoms with Gasteiger partial charge in [0.15, 0.2) is 6.19 Å². The van der Waals surface area contributed by atoms with Crippen LogP contribution < -0.4 is 0 Å². The molecule has 11 heavy (non-hydrogen) atoms. The maximum atomic E-state index is 8.73. The maximum absolute atomic E-state index is 8.73. The second kappa shape index (κ2) is 3.56. The minimum Gasteiger partial charge on any atom is -0.394 e. The summed E-state index contributed by atoms with van der Waals surface area (Å²) in [6, 6.07) is 0.141. The summed E-state index contributed by atoms with van der Waals surface area (Å²) in [5.74, 6) is 0. The van der Waals surface area contributed by atoms with E-state index >= 15 is 0 Å². The lowest BCUT2D eigenvalue weighted by Crippen LogP contribution is -2.46. The highest BCUT2D eigenvalue weighted by Gasteiger charge is 2.24. The van der Waals surface area contributed by atoms with Crippen LogP contribution in [0.15, 0.2) is 0 Å². The van der Waals surface area contributed by atoms with Gasteiger partial charge in [-0.05, 0) is 6.92 Å². The molecule has 0 aromatic carbocycles. The third-order valence-electron chi connectivity index (χ3n) is 1.84. The summed E-state index contributed by atoms with van der Waals surface area (Å²) in [7, 11) is 0. The predicted molar refractivity (Wildman–Crippen MR) is 38.6 cm³/mol. The highest BCUT2D eigenvalue weighted by molar-refractivity contribution is 4.85. The molecule has 0 amide bonds. The molecule has 0 aromatic rings. The molecule has 0 aromatic heterocycles. The van der Waals surface area contributed by atoms with Crippen LogP contribution in [0.1, 0.15) is 6.92 Å². The molecular weight excluding hydrogens is 144 g/mol. The minimum atomic E-state index is -0.189. The number of aliphatic hydroxyl groups is 1. The van der Waals surface area contributed by atoms with Gasteiger partial charge < -0.3 is 14.7 Å². The van der Waals surface area contributed by atoms with E-state index in [4.69, 9.17) is 15.1 Å². The van der Waals surface area contributed by atoms with E-state index < -0.39 is 0 Å². The molecule has 1 rings (SSSR count). The van der Waals surface area contributed by atoms with Crippen LogP contribution in [0, 0.1) is 11.5 Å². The van der Waals surface area contributed by atoms with Crippen LogP contribution in [0.25, 0.3) is 0 Å². The van der Waals surface area contributed by atoms with E-state index in [0.29, 0.717) is 13.2 Å². The number of ether oxygens (including phenoxy) is 1. The summed E-state index contributed by atoms with van der Waals surface area (Å²) in [4.78, 5) is 1.63. The fraction of sp³-hybridized carbons (Fsp3) is 0.857. The molecule has 1 saturated heterocycles. The minimum absolute atomic E-state index is 0.00903. The fourth-order valence-electron chi connectivity index (χ4n) is 1.07. The summed E-state index contributed by atoms with van der Waals surface area (Å²) in [6.07, 6.45) is 1.87. The maximum Gasteiger partial charge on any atom is 0.179 e. The summed E-state index contributed by atoms with van der Waals surface area (Å²) >= 11 is 0. The highest BCUT2D eigenvalue weighted by atomic mass is 16.5. The van der Waals surface area contributed by atoms with E-state index in [1.54, 1.807) is 4.90 Å². The third kappa shape index (κ3) is 1.82. The molecule has 0 radical (unpaired) electrons. The Bertz CT molecular complexity index is 166. The van der Waals surface area contributed by atoms with E-state index in [2.05, 4.69) is 6.19 Å². The van der Waals surface area contributed by atoms with E-state index in [1.165, 1.54) is 0 Å². The summed E-state index contributed by atoms with van der Waals surface area (Å²) in [5.41, 5.74) is 0. The summed E-state index contributed by atoms with van der Waals surface area (Å²) < 4.78 is 5.23. The number of nitriles is 1. The Morgan fingerprint density at radius 2 is 2.55 bits per heavy atom. The smallest absolute Gasteiger partial charge is 0.179 e. The van der Waals surface area contributed by atoms with E-state index in [0.717, 1.165) is 0 Å². The molecular formula is C7H12N2O2. The molecule has 0 bridgehead atoms. The molecule has 0 aliphatic carbocycles. The van der Waals surface area contributed by atoms with Crippen molar-refractivity contribution in [2.75, 3.05) is 19.8 Å². The largest absolute Gasteiger partial charge is 0.394 e. The normalized spacial score (nSPS) is 31.5.